The molecule has 1 aromatic carbocycles. The Labute approximate surface area is 192 Å². The molecule has 7 nitrogen and oxygen atoms in total. The van der Waals surface area contributed by atoms with Crippen molar-refractivity contribution in [2.24, 2.45) is 0 Å². The van der Waals surface area contributed by atoms with E-state index in [4.69, 9.17) is 20.2 Å². The Kier molecular flexibility index (Phi) is 4.82. The van der Waals surface area contributed by atoms with Crippen LogP contribution in [0.1, 0.15) is 60.1 Å². The summed E-state index contributed by atoms with van der Waals surface area (Å²) in [4.78, 5) is 11.4. The van der Waals surface area contributed by atoms with E-state index in [2.05, 4.69) is 16.0 Å². The Hall–Kier alpha value is -2.76. The number of aromatic nitrogens is 2. The molecule has 6 rings (SSSR count). The monoisotopic (exact) mass is 449 g/mol. The van der Waals surface area contributed by atoms with E-state index < -0.39 is 11.8 Å². The summed E-state index contributed by atoms with van der Waals surface area (Å²) in [6.45, 7) is 2.22. The van der Waals surface area contributed by atoms with Gasteiger partial charge in [-0.05, 0) is 50.3 Å². The van der Waals surface area contributed by atoms with Crippen molar-refractivity contribution in [2.45, 2.75) is 68.9 Å². The van der Waals surface area contributed by atoms with Gasteiger partial charge < -0.3 is 15.2 Å². The molecule has 172 valence electrons. The minimum Gasteiger partial charge on any atom is -0.461 e. The summed E-state index contributed by atoms with van der Waals surface area (Å²) in [6, 6.07) is 6.48. The smallest absolute Gasteiger partial charge is 0.316 e. The Morgan fingerprint density at radius 1 is 1.30 bits per heavy atom. The van der Waals surface area contributed by atoms with Gasteiger partial charge in [0.2, 0.25) is 0 Å². The van der Waals surface area contributed by atoms with Crippen LogP contribution in [-0.4, -0.2) is 46.3 Å². The number of hydrogen-bond donors (Lipinski definition) is 1. The number of ether oxygens (including phenoxy) is 2. The summed E-state index contributed by atoms with van der Waals surface area (Å²) in [7, 11) is 0. The zero-order valence-electron chi connectivity index (χ0n) is 18.6. The number of nitrogens with two attached hydrogens (primary N) is 1. The van der Waals surface area contributed by atoms with Gasteiger partial charge in [-0.3, -0.25) is 4.90 Å². The number of rotatable bonds is 3. The Balaban J connectivity index is 1.28. The van der Waals surface area contributed by atoms with E-state index in [1.807, 2.05) is 12.1 Å². The largest absolute Gasteiger partial charge is 0.461 e. The maximum atomic E-state index is 14.1. The molecule has 33 heavy (non-hydrogen) atoms. The standard InChI is InChI=1S/C25H28FN5O2/c26-18-9-24(6-2-8-31(24)13-18)15-32-23-29-12-17-14-33-25(10-21(17)30-23)7-1-3-16-4-5-20(28)19(11-27)22(16)25/h4-5,12,18H,1-3,6-10,13-15,28H2/t18-,24+,25?/m1/s1. The van der Waals surface area contributed by atoms with Gasteiger partial charge in [-0.1, -0.05) is 6.07 Å². The van der Waals surface area contributed by atoms with Crippen molar-refractivity contribution in [2.75, 3.05) is 25.4 Å². The number of alkyl halides is 1. The van der Waals surface area contributed by atoms with Crippen molar-refractivity contribution < 1.29 is 13.9 Å². The number of halogens is 1. The van der Waals surface area contributed by atoms with Crippen molar-refractivity contribution in [3.05, 3.63) is 46.3 Å². The van der Waals surface area contributed by atoms with Crippen LogP contribution in [0.25, 0.3) is 0 Å². The summed E-state index contributed by atoms with van der Waals surface area (Å²) in [5.41, 5.74) is 10.2. The Morgan fingerprint density at radius 3 is 3.09 bits per heavy atom. The summed E-state index contributed by atoms with van der Waals surface area (Å²) < 4.78 is 26.6. The van der Waals surface area contributed by atoms with Crippen molar-refractivity contribution >= 4 is 5.69 Å². The number of nitrogen functional groups attached to an aromatic ring is 1. The zero-order chi connectivity index (χ0) is 22.6. The van der Waals surface area contributed by atoms with E-state index in [0.29, 0.717) is 49.9 Å². The van der Waals surface area contributed by atoms with Crippen LogP contribution in [-0.2, 0) is 29.8 Å². The van der Waals surface area contributed by atoms with Gasteiger partial charge in [-0.25, -0.2) is 9.37 Å². The maximum absolute atomic E-state index is 14.1. The molecule has 2 saturated heterocycles. The minimum atomic E-state index is -0.788. The summed E-state index contributed by atoms with van der Waals surface area (Å²) in [5, 5.41) is 9.83. The first-order valence-electron chi connectivity index (χ1n) is 11.8. The fraction of sp³-hybridized carbons (Fsp3) is 0.560. The molecular formula is C25H28FN5O2. The fourth-order valence-electron chi connectivity index (χ4n) is 6.47. The molecule has 0 saturated carbocycles. The number of anilines is 1. The van der Waals surface area contributed by atoms with Gasteiger partial charge in [0.25, 0.3) is 0 Å². The normalized spacial score (nSPS) is 30.5. The first kappa shape index (κ1) is 20.8. The molecular weight excluding hydrogens is 421 g/mol. The lowest BCUT2D eigenvalue weighted by Gasteiger charge is -2.42. The van der Waals surface area contributed by atoms with E-state index in [1.54, 1.807) is 6.20 Å². The molecule has 2 aromatic rings. The third-order valence-corrected chi connectivity index (χ3v) is 8.04. The lowest BCUT2D eigenvalue weighted by atomic mass is 9.73. The van der Waals surface area contributed by atoms with E-state index in [9.17, 15) is 9.65 Å². The third kappa shape index (κ3) is 3.29. The quantitative estimate of drug-likeness (QED) is 0.719. The molecule has 2 N–H and O–H groups in total. The summed E-state index contributed by atoms with van der Waals surface area (Å²) in [5.74, 6) is 0. The number of hydrogen-bond acceptors (Lipinski definition) is 7. The molecule has 0 radical (unpaired) electrons. The lowest BCUT2D eigenvalue weighted by molar-refractivity contribution is -0.0859. The molecule has 1 unspecified atom stereocenters. The molecule has 3 atom stereocenters. The number of nitriles is 1. The molecule has 1 spiro atoms. The predicted molar refractivity (Wildman–Crippen MR) is 119 cm³/mol. The van der Waals surface area contributed by atoms with Gasteiger partial charge in [0.1, 0.15) is 24.4 Å². The van der Waals surface area contributed by atoms with Gasteiger partial charge >= 0.3 is 6.01 Å². The molecule has 3 aliphatic heterocycles. The van der Waals surface area contributed by atoms with Crippen molar-refractivity contribution in [1.82, 2.24) is 14.9 Å². The van der Waals surface area contributed by atoms with Gasteiger partial charge in [-0.2, -0.15) is 10.2 Å². The van der Waals surface area contributed by atoms with Crippen molar-refractivity contribution in [3.8, 4) is 12.1 Å². The van der Waals surface area contributed by atoms with Crippen LogP contribution in [0.2, 0.25) is 0 Å². The van der Waals surface area contributed by atoms with Crippen molar-refractivity contribution in [1.29, 1.82) is 5.26 Å². The van der Waals surface area contributed by atoms with Gasteiger partial charge in [0.15, 0.2) is 0 Å². The first-order chi connectivity index (χ1) is 16.0. The molecule has 2 fully saturated rings. The highest BCUT2D eigenvalue weighted by Crippen LogP contribution is 2.47. The second-order valence-electron chi connectivity index (χ2n) is 9.98. The van der Waals surface area contributed by atoms with E-state index >= 15 is 0 Å². The predicted octanol–water partition coefficient (Wildman–Crippen LogP) is 3.19. The summed E-state index contributed by atoms with van der Waals surface area (Å²) in [6.07, 6.45) is 6.78. The fourth-order valence-corrected chi connectivity index (χ4v) is 6.47. The van der Waals surface area contributed by atoms with Crippen LogP contribution >= 0.6 is 0 Å². The van der Waals surface area contributed by atoms with Crippen LogP contribution < -0.4 is 10.5 Å². The molecule has 4 aliphatic rings. The zero-order valence-corrected chi connectivity index (χ0v) is 18.6. The molecule has 1 aliphatic carbocycles. The number of benzene rings is 1. The highest BCUT2D eigenvalue weighted by Gasteiger charge is 2.49. The van der Waals surface area contributed by atoms with Crippen LogP contribution in [0.3, 0.4) is 0 Å². The highest BCUT2D eigenvalue weighted by molar-refractivity contribution is 5.63. The van der Waals surface area contributed by atoms with Gasteiger partial charge in [0.05, 0.1) is 23.4 Å². The molecule has 0 amide bonds. The Bertz CT molecular complexity index is 1150. The average Bonchev–Trinajstić information content (AvgIpc) is 3.33. The number of aryl methyl sites for hydroxylation is 1. The molecule has 4 heterocycles. The third-order valence-electron chi connectivity index (χ3n) is 8.04. The lowest BCUT2D eigenvalue weighted by Crippen LogP contribution is -2.43. The van der Waals surface area contributed by atoms with E-state index in [0.717, 1.165) is 61.0 Å². The molecule has 8 heteroatoms. The maximum Gasteiger partial charge on any atom is 0.316 e. The molecule has 0 bridgehead atoms. The second-order valence-corrected chi connectivity index (χ2v) is 9.98. The van der Waals surface area contributed by atoms with E-state index in [1.165, 1.54) is 0 Å². The second kappa shape index (κ2) is 7.64. The average molecular weight is 450 g/mol. The van der Waals surface area contributed by atoms with Crippen LogP contribution in [0.4, 0.5) is 10.1 Å². The first-order valence-corrected chi connectivity index (χ1v) is 11.8. The minimum absolute atomic E-state index is 0.232. The van der Waals surface area contributed by atoms with Crippen LogP contribution in [0, 0.1) is 11.3 Å². The van der Waals surface area contributed by atoms with Gasteiger partial charge in [0, 0.05) is 42.4 Å². The Morgan fingerprint density at radius 2 is 2.21 bits per heavy atom. The molecule has 1 aromatic heterocycles. The SMILES string of the molecule is N#Cc1c(N)ccc2c1C1(CCC2)Cc2nc(OC[C@@]34CCCN3C[C@H](F)C4)ncc2CO1. The number of fused-ring (bicyclic) bond motifs is 4. The van der Waals surface area contributed by atoms with Crippen LogP contribution in [0.5, 0.6) is 6.01 Å². The highest BCUT2D eigenvalue weighted by atomic mass is 19.1. The topological polar surface area (TPSA) is 97.3 Å². The van der Waals surface area contributed by atoms with Crippen molar-refractivity contribution in [3.63, 3.8) is 0 Å². The van der Waals surface area contributed by atoms with E-state index in [-0.39, 0.29) is 5.54 Å². The number of nitrogens with zero attached hydrogens (tertiary/aromatic N) is 4. The summed E-state index contributed by atoms with van der Waals surface area (Å²) >= 11 is 0. The van der Waals surface area contributed by atoms with Gasteiger partial charge in [-0.15, -0.1) is 0 Å². The van der Waals surface area contributed by atoms with Crippen LogP contribution in [0.15, 0.2) is 18.3 Å².